The van der Waals surface area contributed by atoms with Crippen LogP contribution in [0, 0.1) is 5.92 Å². The number of para-hydroxylation sites is 1. The van der Waals surface area contributed by atoms with E-state index in [0.717, 1.165) is 38.0 Å². The number of anilines is 1. The summed E-state index contributed by atoms with van der Waals surface area (Å²) in [5.74, 6) is 0.128. The maximum absolute atomic E-state index is 12.6. The van der Waals surface area contributed by atoms with Crippen molar-refractivity contribution in [2.75, 3.05) is 18.4 Å². The van der Waals surface area contributed by atoms with Crippen molar-refractivity contribution in [3.63, 3.8) is 0 Å². The quantitative estimate of drug-likeness (QED) is 0.841. The van der Waals surface area contributed by atoms with Gasteiger partial charge < -0.3 is 11.1 Å². The van der Waals surface area contributed by atoms with E-state index >= 15 is 0 Å². The van der Waals surface area contributed by atoms with Crippen molar-refractivity contribution >= 4 is 17.5 Å². The summed E-state index contributed by atoms with van der Waals surface area (Å²) in [7, 11) is 0. The third kappa shape index (κ3) is 4.35. The summed E-state index contributed by atoms with van der Waals surface area (Å²) in [5.41, 5.74) is 7.44. The summed E-state index contributed by atoms with van der Waals surface area (Å²) >= 11 is 0. The molecule has 0 saturated carbocycles. The Kier molecular flexibility index (Phi) is 6.37. The number of carbonyl (C=O) groups excluding carboxylic acids is 2. The van der Waals surface area contributed by atoms with E-state index in [1.54, 1.807) is 0 Å². The Morgan fingerprint density at radius 2 is 1.88 bits per heavy atom. The van der Waals surface area contributed by atoms with Crippen LogP contribution in [0.1, 0.15) is 51.5 Å². The first-order valence-corrected chi connectivity index (χ1v) is 8.87. The number of nitrogens with one attached hydrogen (secondary N) is 1. The molecule has 1 aromatic carbocycles. The van der Waals surface area contributed by atoms with E-state index in [1.807, 2.05) is 25.1 Å². The zero-order valence-corrected chi connectivity index (χ0v) is 14.9. The fourth-order valence-electron chi connectivity index (χ4n) is 3.23. The molecular weight excluding hydrogens is 302 g/mol. The molecule has 0 radical (unpaired) electrons. The lowest BCUT2D eigenvalue weighted by molar-refractivity contribution is -0.124. The smallest absolute Gasteiger partial charge is 0.241 e. The van der Waals surface area contributed by atoms with Crippen LogP contribution in [-0.4, -0.2) is 35.8 Å². The molecule has 0 spiro atoms. The molecule has 1 aliphatic heterocycles. The number of amides is 2. The normalized spacial score (nSPS) is 18.8. The van der Waals surface area contributed by atoms with Crippen LogP contribution in [0.4, 0.5) is 5.69 Å². The highest BCUT2D eigenvalue weighted by Gasteiger charge is 2.29. The molecular formula is C19H29N3O2. The maximum Gasteiger partial charge on any atom is 0.241 e. The SMILES string of the molecule is CC[C@@H](C)c1ccccc1NC(=O)[C@H](C)N1CCC(C(N)=O)CC1. The number of piperidine rings is 1. The molecule has 5 nitrogen and oxygen atoms in total. The summed E-state index contributed by atoms with van der Waals surface area (Å²) in [6.45, 7) is 7.70. The minimum Gasteiger partial charge on any atom is -0.369 e. The van der Waals surface area contributed by atoms with Gasteiger partial charge in [-0.2, -0.15) is 0 Å². The van der Waals surface area contributed by atoms with Crippen LogP contribution in [0.25, 0.3) is 0 Å². The molecule has 5 heteroatoms. The average Bonchev–Trinajstić information content (AvgIpc) is 2.60. The highest BCUT2D eigenvalue weighted by molar-refractivity contribution is 5.95. The van der Waals surface area contributed by atoms with E-state index in [-0.39, 0.29) is 23.8 Å². The van der Waals surface area contributed by atoms with E-state index in [1.165, 1.54) is 5.56 Å². The van der Waals surface area contributed by atoms with Gasteiger partial charge in [-0.05, 0) is 56.8 Å². The molecule has 1 heterocycles. The summed E-state index contributed by atoms with van der Waals surface area (Å²) in [4.78, 5) is 26.0. The Morgan fingerprint density at radius 3 is 2.46 bits per heavy atom. The average molecular weight is 331 g/mol. The minimum absolute atomic E-state index is 0.00304. The lowest BCUT2D eigenvalue weighted by Crippen LogP contribution is -2.47. The molecule has 1 fully saturated rings. The van der Waals surface area contributed by atoms with Gasteiger partial charge in [0.15, 0.2) is 0 Å². The minimum atomic E-state index is -0.228. The monoisotopic (exact) mass is 331 g/mol. The van der Waals surface area contributed by atoms with Gasteiger partial charge in [0, 0.05) is 11.6 Å². The number of benzene rings is 1. The molecule has 1 aromatic rings. The second-order valence-electron chi connectivity index (χ2n) is 6.77. The topological polar surface area (TPSA) is 75.4 Å². The zero-order chi connectivity index (χ0) is 17.7. The van der Waals surface area contributed by atoms with Crippen molar-refractivity contribution in [2.24, 2.45) is 11.7 Å². The van der Waals surface area contributed by atoms with Gasteiger partial charge in [0.1, 0.15) is 0 Å². The third-order valence-electron chi connectivity index (χ3n) is 5.22. The third-order valence-corrected chi connectivity index (χ3v) is 5.22. The van der Waals surface area contributed by atoms with E-state index in [0.29, 0.717) is 5.92 Å². The molecule has 132 valence electrons. The molecule has 0 aromatic heterocycles. The predicted molar refractivity (Wildman–Crippen MR) is 96.7 cm³/mol. The summed E-state index contributed by atoms with van der Waals surface area (Å²) in [5, 5.41) is 3.08. The number of hydrogen-bond acceptors (Lipinski definition) is 3. The zero-order valence-electron chi connectivity index (χ0n) is 14.9. The van der Waals surface area contributed by atoms with Gasteiger partial charge in [-0.3, -0.25) is 14.5 Å². The van der Waals surface area contributed by atoms with Crippen molar-refractivity contribution in [1.29, 1.82) is 0 Å². The largest absolute Gasteiger partial charge is 0.369 e. The van der Waals surface area contributed by atoms with Gasteiger partial charge in [0.2, 0.25) is 11.8 Å². The van der Waals surface area contributed by atoms with Crippen molar-refractivity contribution in [1.82, 2.24) is 4.90 Å². The first kappa shape index (κ1) is 18.5. The molecule has 1 saturated heterocycles. The number of nitrogens with zero attached hydrogens (tertiary/aromatic N) is 1. The second-order valence-corrected chi connectivity index (χ2v) is 6.77. The van der Waals surface area contributed by atoms with E-state index in [9.17, 15) is 9.59 Å². The van der Waals surface area contributed by atoms with Crippen LogP contribution in [0.2, 0.25) is 0 Å². The number of hydrogen-bond donors (Lipinski definition) is 2. The van der Waals surface area contributed by atoms with Gasteiger partial charge in [-0.1, -0.05) is 32.0 Å². The fourth-order valence-corrected chi connectivity index (χ4v) is 3.23. The number of likely N-dealkylation sites (tertiary alicyclic amines) is 1. The lowest BCUT2D eigenvalue weighted by atomic mass is 9.95. The Morgan fingerprint density at radius 1 is 1.25 bits per heavy atom. The number of nitrogens with two attached hydrogens (primary N) is 1. The molecule has 0 unspecified atom stereocenters. The number of carbonyl (C=O) groups is 2. The summed E-state index contributed by atoms with van der Waals surface area (Å²) < 4.78 is 0. The van der Waals surface area contributed by atoms with Gasteiger partial charge in [-0.25, -0.2) is 0 Å². The predicted octanol–water partition coefficient (Wildman–Crippen LogP) is 2.72. The van der Waals surface area contributed by atoms with Crippen LogP contribution >= 0.6 is 0 Å². The molecule has 2 amide bonds. The van der Waals surface area contributed by atoms with Gasteiger partial charge >= 0.3 is 0 Å². The maximum atomic E-state index is 12.6. The van der Waals surface area contributed by atoms with Crippen molar-refractivity contribution < 1.29 is 9.59 Å². The second kappa shape index (κ2) is 8.29. The van der Waals surface area contributed by atoms with E-state index in [4.69, 9.17) is 5.73 Å². The number of primary amides is 1. The van der Waals surface area contributed by atoms with E-state index in [2.05, 4.69) is 30.1 Å². The fraction of sp³-hybridized carbons (Fsp3) is 0.579. The summed E-state index contributed by atoms with van der Waals surface area (Å²) in [6, 6.07) is 7.78. The Balaban J connectivity index is 1.99. The molecule has 24 heavy (non-hydrogen) atoms. The van der Waals surface area contributed by atoms with E-state index < -0.39 is 0 Å². The Labute approximate surface area is 144 Å². The summed E-state index contributed by atoms with van der Waals surface area (Å²) in [6.07, 6.45) is 2.50. The van der Waals surface area contributed by atoms with Crippen LogP contribution in [-0.2, 0) is 9.59 Å². The molecule has 1 aliphatic rings. The Bertz CT molecular complexity index is 580. The first-order valence-electron chi connectivity index (χ1n) is 8.87. The molecule has 0 bridgehead atoms. The first-order chi connectivity index (χ1) is 11.4. The van der Waals surface area contributed by atoms with Crippen LogP contribution < -0.4 is 11.1 Å². The molecule has 0 aliphatic carbocycles. The van der Waals surface area contributed by atoms with Gasteiger partial charge in [0.05, 0.1) is 6.04 Å². The molecule has 2 atom stereocenters. The lowest BCUT2D eigenvalue weighted by Gasteiger charge is -2.34. The van der Waals surface area contributed by atoms with Crippen molar-refractivity contribution in [3.8, 4) is 0 Å². The van der Waals surface area contributed by atoms with Crippen molar-refractivity contribution in [3.05, 3.63) is 29.8 Å². The molecule has 3 N–H and O–H groups in total. The highest BCUT2D eigenvalue weighted by Crippen LogP contribution is 2.27. The van der Waals surface area contributed by atoms with Crippen LogP contribution in [0.3, 0.4) is 0 Å². The van der Waals surface area contributed by atoms with Crippen LogP contribution in [0.5, 0.6) is 0 Å². The Hall–Kier alpha value is -1.88. The number of rotatable bonds is 6. The van der Waals surface area contributed by atoms with Crippen LogP contribution in [0.15, 0.2) is 24.3 Å². The molecule has 2 rings (SSSR count). The van der Waals surface area contributed by atoms with Gasteiger partial charge in [0.25, 0.3) is 0 Å². The van der Waals surface area contributed by atoms with Crippen molar-refractivity contribution in [2.45, 2.75) is 52.0 Å². The van der Waals surface area contributed by atoms with Gasteiger partial charge in [-0.15, -0.1) is 0 Å². The highest BCUT2D eigenvalue weighted by atomic mass is 16.2. The standard InChI is InChI=1S/C19H29N3O2/c1-4-13(2)16-7-5-6-8-17(16)21-19(24)14(3)22-11-9-15(10-12-22)18(20)23/h5-8,13-15H,4,9-12H2,1-3H3,(H2,20,23)(H,21,24)/t13-,14+/m1/s1.